The summed E-state index contributed by atoms with van der Waals surface area (Å²) in [6.45, 7) is 4.30. The maximum absolute atomic E-state index is 4.38. The number of benzene rings is 1. The van der Waals surface area contributed by atoms with Crippen LogP contribution in [0.4, 0.5) is 5.69 Å². The van der Waals surface area contributed by atoms with Crippen molar-refractivity contribution >= 4 is 17.4 Å². The quantitative estimate of drug-likeness (QED) is 0.806. The Morgan fingerprint density at radius 1 is 1.17 bits per heavy atom. The topological polar surface area (TPSA) is 24.9 Å². The average molecular weight is 258 g/mol. The largest absolute Gasteiger partial charge is 0.376 e. The Balaban J connectivity index is 2.14. The molecule has 0 bridgehead atoms. The molecular formula is C15H18N2S. The maximum atomic E-state index is 4.38. The monoisotopic (exact) mass is 258 g/mol. The van der Waals surface area contributed by atoms with E-state index in [1.165, 1.54) is 10.6 Å². The summed E-state index contributed by atoms with van der Waals surface area (Å²) < 4.78 is 0. The van der Waals surface area contributed by atoms with Crippen LogP contribution in [-0.4, -0.2) is 10.7 Å². The number of para-hydroxylation sites is 1. The number of nitrogens with one attached hydrogen (secondary N) is 1. The van der Waals surface area contributed by atoms with Crippen molar-refractivity contribution < 1.29 is 0 Å². The van der Waals surface area contributed by atoms with Crippen molar-refractivity contribution in [3.05, 3.63) is 54.4 Å². The smallest absolute Gasteiger partial charge is 0.0657 e. The van der Waals surface area contributed by atoms with Crippen molar-refractivity contribution in [2.24, 2.45) is 0 Å². The standard InChI is InChI=1S/C15H18N2S/c1-3-18-15-10-5-4-9-14(15)17-12(2)13-8-6-7-11-16-13/h4-12,17H,3H2,1-2H3. The normalized spacial score (nSPS) is 12.1. The first-order valence-electron chi connectivity index (χ1n) is 6.20. The Hall–Kier alpha value is -1.48. The molecule has 0 amide bonds. The van der Waals surface area contributed by atoms with Gasteiger partial charge in [0.15, 0.2) is 0 Å². The van der Waals surface area contributed by atoms with Crippen LogP contribution in [0.15, 0.2) is 53.6 Å². The number of hydrogen-bond donors (Lipinski definition) is 1. The van der Waals surface area contributed by atoms with Crippen molar-refractivity contribution in [1.82, 2.24) is 4.98 Å². The SMILES string of the molecule is CCSc1ccccc1NC(C)c1ccccn1. The van der Waals surface area contributed by atoms with Crippen LogP contribution in [0.1, 0.15) is 25.6 Å². The maximum Gasteiger partial charge on any atom is 0.0657 e. The van der Waals surface area contributed by atoms with Crippen LogP contribution in [0.2, 0.25) is 0 Å². The zero-order valence-corrected chi connectivity index (χ0v) is 11.6. The van der Waals surface area contributed by atoms with Crippen LogP contribution in [0.3, 0.4) is 0 Å². The van der Waals surface area contributed by atoms with Gasteiger partial charge in [-0.15, -0.1) is 11.8 Å². The summed E-state index contributed by atoms with van der Waals surface area (Å²) in [5.41, 5.74) is 2.25. The molecule has 2 aromatic rings. The first-order valence-corrected chi connectivity index (χ1v) is 7.19. The number of nitrogens with zero attached hydrogens (tertiary/aromatic N) is 1. The molecule has 0 aliphatic heterocycles. The molecule has 1 aromatic carbocycles. The van der Waals surface area contributed by atoms with Gasteiger partial charge in [-0.05, 0) is 36.9 Å². The zero-order valence-electron chi connectivity index (χ0n) is 10.8. The van der Waals surface area contributed by atoms with E-state index in [1.807, 2.05) is 36.2 Å². The van der Waals surface area contributed by atoms with Crippen molar-refractivity contribution in [2.45, 2.75) is 24.8 Å². The number of thioether (sulfide) groups is 1. The first kappa shape index (κ1) is 13.0. The Morgan fingerprint density at radius 2 is 1.94 bits per heavy atom. The van der Waals surface area contributed by atoms with Crippen LogP contribution in [0, 0.1) is 0 Å². The second-order valence-electron chi connectivity index (χ2n) is 4.05. The highest BCUT2D eigenvalue weighted by Gasteiger charge is 2.08. The molecule has 1 heterocycles. The zero-order chi connectivity index (χ0) is 12.8. The molecule has 2 rings (SSSR count). The summed E-state index contributed by atoms with van der Waals surface area (Å²) in [4.78, 5) is 5.68. The first-order chi connectivity index (χ1) is 8.81. The molecule has 0 saturated carbocycles. The van der Waals surface area contributed by atoms with E-state index in [0.29, 0.717) is 0 Å². The number of anilines is 1. The molecule has 1 aromatic heterocycles. The predicted octanol–water partition coefficient (Wildman–Crippen LogP) is 4.37. The van der Waals surface area contributed by atoms with E-state index in [4.69, 9.17) is 0 Å². The summed E-state index contributed by atoms with van der Waals surface area (Å²) >= 11 is 1.86. The summed E-state index contributed by atoms with van der Waals surface area (Å²) in [5.74, 6) is 1.08. The lowest BCUT2D eigenvalue weighted by molar-refractivity contribution is 0.835. The number of rotatable bonds is 5. The van der Waals surface area contributed by atoms with Gasteiger partial charge in [0.2, 0.25) is 0 Å². The highest BCUT2D eigenvalue weighted by Crippen LogP contribution is 2.29. The molecule has 0 saturated heterocycles. The Morgan fingerprint density at radius 3 is 2.67 bits per heavy atom. The molecule has 18 heavy (non-hydrogen) atoms. The highest BCUT2D eigenvalue weighted by atomic mass is 32.2. The molecule has 3 heteroatoms. The van der Waals surface area contributed by atoms with Crippen LogP contribution < -0.4 is 5.32 Å². The van der Waals surface area contributed by atoms with Gasteiger partial charge in [-0.25, -0.2) is 0 Å². The van der Waals surface area contributed by atoms with E-state index in [0.717, 1.165) is 11.4 Å². The van der Waals surface area contributed by atoms with Gasteiger partial charge in [-0.1, -0.05) is 25.1 Å². The number of aromatic nitrogens is 1. The molecule has 94 valence electrons. The number of pyridine rings is 1. The van der Waals surface area contributed by atoms with Gasteiger partial charge in [0.1, 0.15) is 0 Å². The lowest BCUT2D eigenvalue weighted by atomic mass is 10.2. The van der Waals surface area contributed by atoms with Gasteiger partial charge in [0, 0.05) is 16.8 Å². The Kier molecular flexibility index (Phi) is 4.65. The average Bonchev–Trinajstić information content (AvgIpc) is 2.42. The van der Waals surface area contributed by atoms with E-state index in [2.05, 4.69) is 48.4 Å². The third-order valence-corrected chi connectivity index (χ3v) is 3.65. The summed E-state index contributed by atoms with van der Waals surface area (Å²) in [6.07, 6.45) is 1.83. The van der Waals surface area contributed by atoms with Crippen molar-refractivity contribution in [3.8, 4) is 0 Å². The fourth-order valence-electron chi connectivity index (χ4n) is 1.81. The molecule has 0 spiro atoms. The summed E-state index contributed by atoms with van der Waals surface area (Å²) in [7, 11) is 0. The van der Waals surface area contributed by atoms with Gasteiger partial charge < -0.3 is 5.32 Å². The number of hydrogen-bond acceptors (Lipinski definition) is 3. The van der Waals surface area contributed by atoms with Gasteiger partial charge in [0.25, 0.3) is 0 Å². The van der Waals surface area contributed by atoms with Crippen LogP contribution >= 0.6 is 11.8 Å². The van der Waals surface area contributed by atoms with Gasteiger partial charge in [0.05, 0.1) is 11.7 Å². The second kappa shape index (κ2) is 6.45. The van der Waals surface area contributed by atoms with Gasteiger partial charge >= 0.3 is 0 Å². The summed E-state index contributed by atoms with van der Waals surface area (Å²) in [5, 5.41) is 3.53. The molecule has 2 nitrogen and oxygen atoms in total. The van der Waals surface area contributed by atoms with Crippen molar-refractivity contribution in [3.63, 3.8) is 0 Å². The van der Waals surface area contributed by atoms with Gasteiger partial charge in [-0.2, -0.15) is 0 Å². The highest BCUT2D eigenvalue weighted by molar-refractivity contribution is 7.99. The minimum atomic E-state index is 0.213. The third kappa shape index (κ3) is 3.26. The van der Waals surface area contributed by atoms with E-state index in [9.17, 15) is 0 Å². The lowest BCUT2D eigenvalue weighted by Crippen LogP contribution is -2.08. The molecule has 1 N–H and O–H groups in total. The molecule has 0 radical (unpaired) electrons. The summed E-state index contributed by atoms with van der Waals surface area (Å²) in [6, 6.07) is 14.6. The fourth-order valence-corrected chi connectivity index (χ4v) is 2.57. The van der Waals surface area contributed by atoms with E-state index in [1.54, 1.807) is 0 Å². The van der Waals surface area contributed by atoms with E-state index in [-0.39, 0.29) is 6.04 Å². The van der Waals surface area contributed by atoms with Gasteiger partial charge in [-0.3, -0.25) is 4.98 Å². The fraction of sp³-hybridized carbons (Fsp3) is 0.267. The molecule has 0 fully saturated rings. The van der Waals surface area contributed by atoms with E-state index >= 15 is 0 Å². The lowest BCUT2D eigenvalue weighted by Gasteiger charge is -2.17. The second-order valence-corrected chi connectivity index (χ2v) is 5.36. The molecule has 1 atom stereocenters. The van der Waals surface area contributed by atoms with E-state index < -0.39 is 0 Å². The molecule has 1 unspecified atom stereocenters. The van der Waals surface area contributed by atoms with Crippen molar-refractivity contribution in [2.75, 3.05) is 11.1 Å². The third-order valence-electron chi connectivity index (χ3n) is 2.69. The molecular weight excluding hydrogens is 240 g/mol. The molecule has 0 aliphatic rings. The van der Waals surface area contributed by atoms with Crippen LogP contribution in [-0.2, 0) is 0 Å². The van der Waals surface area contributed by atoms with Crippen LogP contribution in [0.25, 0.3) is 0 Å². The minimum absolute atomic E-state index is 0.213. The minimum Gasteiger partial charge on any atom is -0.376 e. The van der Waals surface area contributed by atoms with Crippen molar-refractivity contribution in [1.29, 1.82) is 0 Å². The predicted molar refractivity (Wildman–Crippen MR) is 79.1 cm³/mol. The van der Waals surface area contributed by atoms with Crippen LogP contribution in [0.5, 0.6) is 0 Å². The Labute approximate surface area is 113 Å². The Bertz CT molecular complexity index is 485. The molecule has 0 aliphatic carbocycles.